The first-order valence-electron chi connectivity index (χ1n) is 8.57. The zero-order chi connectivity index (χ0) is 16.0. The number of piperidine rings is 3. The lowest BCUT2D eigenvalue weighted by Gasteiger charge is -2.50. The van der Waals surface area contributed by atoms with Gasteiger partial charge in [-0.3, -0.25) is 9.88 Å². The van der Waals surface area contributed by atoms with Crippen LogP contribution in [0.15, 0.2) is 43.1 Å². The van der Waals surface area contributed by atoms with Crippen LogP contribution in [0.3, 0.4) is 0 Å². The van der Waals surface area contributed by atoms with Crippen molar-refractivity contribution in [3.05, 3.63) is 54.2 Å². The van der Waals surface area contributed by atoms with Gasteiger partial charge in [0.05, 0.1) is 11.6 Å². The first kappa shape index (κ1) is 14.9. The minimum atomic E-state index is -0.448. The van der Waals surface area contributed by atoms with Crippen molar-refractivity contribution < 1.29 is 5.11 Å². The number of benzene rings is 1. The largest absolute Gasteiger partial charge is 0.387 e. The number of nitrogens with zero attached hydrogens (tertiary/aromatic N) is 2. The Kier molecular flexibility index (Phi) is 3.70. The van der Waals surface area contributed by atoms with Gasteiger partial charge in [-0.1, -0.05) is 17.7 Å². The van der Waals surface area contributed by atoms with Crippen LogP contribution in [0, 0.1) is 18.8 Å². The zero-order valence-electron chi connectivity index (χ0n) is 13.7. The summed E-state index contributed by atoms with van der Waals surface area (Å²) in [5.74, 6) is 1.26. The Labute approximate surface area is 137 Å². The third-order valence-electron chi connectivity index (χ3n) is 5.77. The number of aliphatic hydroxyl groups is 1. The molecule has 0 aliphatic carbocycles. The van der Waals surface area contributed by atoms with Crippen LogP contribution in [0.1, 0.15) is 30.1 Å². The summed E-state index contributed by atoms with van der Waals surface area (Å²) >= 11 is 0. The summed E-state index contributed by atoms with van der Waals surface area (Å²) in [7, 11) is 0. The molecule has 5 atom stereocenters. The van der Waals surface area contributed by atoms with Crippen molar-refractivity contribution in [2.75, 3.05) is 13.1 Å². The van der Waals surface area contributed by atoms with Crippen molar-refractivity contribution in [1.82, 2.24) is 9.88 Å². The number of fused-ring (bicyclic) bond motifs is 4. The summed E-state index contributed by atoms with van der Waals surface area (Å²) in [4.78, 5) is 6.90. The van der Waals surface area contributed by atoms with Crippen molar-refractivity contribution in [2.45, 2.75) is 31.9 Å². The van der Waals surface area contributed by atoms with E-state index in [1.807, 2.05) is 18.3 Å². The van der Waals surface area contributed by atoms with E-state index in [4.69, 9.17) is 0 Å². The van der Waals surface area contributed by atoms with Crippen LogP contribution in [0.25, 0.3) is 10.9 Å². The minimum Gasteiger partial charge on any atom is -0.387 e. The van der Waals surface area contributed by atoms with E-state index in [2.05, 4.69) is 41.6 Å². The first-order chi connectivity index (χ1) is 11.2. The maximum absolute atomic E-state index is 11.1. The molecule has 3 aliphatic rings. The molecule has 0 radical (unpaired) electrons. The van der Waals surface area contributed by atoms with Gasteiger partial charge in [-0.2, -0.15) is 0 Å². The Morgan fingerprint density at radius 3 is 3.00 bits per heavy atom. The number of aliphatic hydroxyl groups excluding tert-OH is 1. The second-order valence-electron chi connectivity index (χ2n) is 7.11. The lowest BCUT2D eigenvalue weighted by atomic mass is 9.73. The number of hydrogen-bond donors (Lipinski definition) is 1. The van der Waals surface area contributed by atoms with E-state index >= 15 is 0 Å². The number of aromatic nitrogens is 1. The van der Waals surface area contributed by atoms with Gasteiger partial charge in [-0.15, -0.1) is 6.58 Å². The van der Waals surface area contributed by atoms with Gasteiger partial charge in [0.15, 0.2) is 0 Å². The number of pyridine rings is 1. The normalized spacial score (nSPS) is 31.2. The summed E-state index contributed by atoms with van der Waals surface area (Å²) in [5, 5.41) is 12.2. The molecule has 3 saturated heterocycles. The van der Waals surface area contributed by atoms with E-state index in [1.165, 1.54) is 12.0 Å². The van der Waals surface area contributed by atoms with Crippen molar-refractivity contribution in [1.29, 1.82) is 0 Å². The van der Waals surface area contributed by atoms with E-state index in [0.29, 0.717) is 11.8 Å². The molecular weight excluding hydrogens is 284 g/mol. The van der Waals surface area contributed by atoms with Crippen molar-refractivity contribution >= 4 is 10.9 Å². The molecule has 2 aromatic rings. The van der Waals surface area contributed by atoms with E-state index in [1.54, 1.807) is 0 Å². The van der Waals surface area contributed by atoms with Crippen LogP contribution in [0.2, 0.25) is 0 Å². The van der Waals surface area contributed by atoms with Gasteiger partial charge in [-0.25, -0.2) is 0 Å². The molecule has 1 aromatic heterocycles. The fraction of sp³-hybridized carbons (Fsp3) is 0.450. The molecule has 0 saturated carbocycles. The topological polar surface area (TPSA) is 36.4 Å². The lowest BCUT2D eigenvalue weighted by molar-refractivity contribution is -0.0444. The lowest BCUT2D eigenvalue weighted by Crippen LogP contribution is -2.54. The molecule has 3 nitrogen and oxygen atoms in total. The summed E-state index contributed by atoms with van der Waals surface area (Å²) in [6.07, 6.45) is 5.77. The molecule has 5 rings (SSSR count). The monoisotopic (exact) mass is 308 g/mol. The van der Waals surface area contributed by atoms with Crippen LogP contribution >= 0.6 is 0 Å². The molecule has 3 heteroatoms. The quantitative estimate of drug-likeness (QED) is 0.882. The van der Waals surface area contributed by atoms with Crippen molar-refractivity contribution in [3.63, 3.8) is 0 Å². The van der Waals surface area contributed by atoms with Crippen LogP contribution in [0.4, 0.5) is 0 Å². The van der Waals surface area contributed by atoms with Gasteiger partial charge in [0.1, 0.15) is 0 Å². The molecule has 120 valence electrons. The standard InChI is InChI=1S/C20H24N2O/c1-3-14-12-22-9-7-15(14)11-19(22)20(23)16-6-8-21-18-5-4-13(2)10-17(16)18/h3-6,8,10,14-15,19-20,23H,1,7,9,11-12H2,2H3/t14?,15?,19?,20-/m1/s1. The Bertz CT molecular complexity index is 741. The SMILES string of the molecule is C=CC1CN2CCC1CC2[C@H](O)c1ccnc2ccc(C)cc12. The van der Waals surface area contributed by atoms with Gasteiger partial charge in [0.2, 0.25) is 0 Å². The van der Waals surface area contributed by atoms with E-state index in [0.717, 1.165) is 36.0 Å². The molecule has 3 fully saturated rings. The summed E-state index contributed by atoms with van der Waals surface area (Å²) in [5.41, 5.74) is 3.19. The van der Waals surface area contributed by atoms with E-state index < -0.39 is 6.10 Å². The highest BCUT2D eigenvalue weighted by molar-refractivity contribution is 5.83. The van der Waals surface area contributed by atoms with Crippen LogP contribution in [-0.2, 0) is 0 Å². The molecular formula is C20H24N2O. The number of aryl methyl sites for hydroxylation is 1. The number of hydrogen-bond acceptors (Lipinski definition) is 3. The molecule has 3 aliphatic heterocycles. The number of rotatable bonds is 3. The Morgan fingerprint density at radius 1 is 1.39 bits per heavy atom. The predicted molar refractivity (Wildman–Crippen MR) is 93.2 cm³/mol. The predicted octanol–water partition coefficient (Wildman–Crippen LogP) is 3.47. The molecule has 4 heterocycles. The van der Waals surface area contributed by atoms with Gasteiger partial charge >= 0.3 is 0 Å². The third kappa shape index (κ3) is 2.48. The molecule has 2 bridgehead atoms. The maximum atomic E-state index is 11.1. The Morgan fingerprint density at radius 2 is 2.26 bits per heavy atom. The van der Waals surface area contributed by atoms with Gasteiger partial charge < -0.3 is 5.11 Å². The van der Waals surface area contributed by atoms with Gasteiger partial charge in [0, 0.05) is 24.2 Å². The van der Waals surface area contributed by atoms with Crippen molar-refractivity contribution in [2.24, 2.45) is 11.8 Å². The van der Waals surface area contributed by atoms with E-state index in [9.17, 15) is 5.11 Å². The molecule has 4 unspecified atom stereocenters. The zero-order valence-corrected chi connectivity index (χ0v) is 13.7. The molecule has 0 amide bonds. The molecule has 23 heavy (non-hydrogen) atoms. The molecule has 0 spiro atoms. The molecule has 1 N–H and O–H groups in total. The second kappa shape index (κ2) is 5.73. The summed E-state index contributed by atoms with van der Waals surface area (Å²) < 4.78 is 0. The molecule has 1 aromatic carbocycles. The second-order valence-corrected chi connectivity index (χ2v) is 7.11. The van der Waals surface area contributed by atoms with Crippen LogP contribution < -0.4 is 0 Å². The Balaban J connectivity index is 1.69. The summed E-state index contributed by atoms with van der Waals surface area (Å²) in [6, 6.07) is 8.47. The third-order valence-corrected chi connectivity index (χ3v) is 5.77. The van der Waals surface area contributed by atoms with Gasteiger partial charge in [-0.05, 0) is 61.9 Å². The fourth-order valence-electron chi connectivity index (χ4n) is 4.45. The maximum Gasteiger partial charge on any atom is 0.0952 e. The average molecular weight is 308 g/mol. The van der Waals surface area contributed by atoms with E-state index in [-0.39, 0.29) is 6.04 Å². The summed E-state index contributed by atoms with van der Waals surface area (Å²) in [6.45, 7) is 8.21. The average Bonchev–Trinajstić information content (AvgIpc) is 2.60. The first-order valence-corrected chi connectivity index (χ1v) is 8.57. The smallest absolute Gasteiger partial charge is 0.0952 e. The van der Waals surface area contributed by atoms with Crippen LogP contribution in [0.5, 0.6) is 0 Å². The van der Waals surface area contributed by atoms with Crippen LogP contribution in [-0.4, -0.2) is 34.1 Å². The highest BCUT2D eigenvalue weighted by Gasteiger charge is 2.42. The Hall–Kier alpha value is -1.71. The van der Waals surface area contributed by atoms with Gasteiger partial charge in [0.25, 0.3) is 0 Å². The highest BCUT2D eigenvalue weighted by atomic mass is 16.3. The highest BCUT2D eigenvalue weighted by Crippen LogP contribution is 2.41. The fourth-order valence-corrected chi connectivity index (χ4v) is 4.45. The van der Waals surface area contributed by atoms with Crippen molar-refractivity contribution in [3.8, 4) is 0 Å². The minimum absolute atomic E-state index is 0.219.